The van der Waals surface area contributed by atoms with Crippen LogP contribution in [0.5, 0.6) is 0 Å². The van der Waals surface area contributed by atoms with E-state index in [0.29, 0.717) is 0 Å². The molecule has 0 aliphatic carbocycles. The maximum absolute atomic E-state index is 4.83. The fourth-order valence-electron chi connectivity index (χ4n) is 1.88. The summed E-state index contributed by atoms with van der Waals surface area (Å²) in [6, 6.07) is 0. The summed E-state index contributed by atoms with van der Waals surface area (Å²) in [5.74, 6) is 0.876. The highest BCUT2D eigenvalue weighted by molar-refractivity contribution is 5.64. The van der Waals surface area contributed by atoms with E-state index in [2.05, 4.69) is 59.2 Å². The predicted octanol–water partition coefficient (Wildman–Crippen LogP) is 4.75. The van der Waals surface area contributed by atoms with Crippen LogP contribution in [0.1, 0.15) is 71.2 Å². The van der Waals surface area contributed by atoms with Crippen molar-refractivity contribution in [2.45, 2.75) is 59.3 Å². The Morgan fingerprint density at radius 1 is 0.947 bits per heavy atom. The van der Waals surface area contributed by atoms with Gasteiger partial charge in [-0.25, -0.2) is 9.97 Å². The van der Waals surface area contributed by atoms with Gasteiger partial charge in [-0.15, -0.1) is 0 Å². The molecule has 0 saturated carbocycles. The number of allylic oxidation sites excluding steroid dienone is 1. The second kappa shape index (κ2) is 5.28. The zero-order chi connectivity index (χ0) is 14.8. The molecule has 0 aromatic carbocycles. The third kappa shape index (κ3) is 3.52. The first-order valence-corrected chi connectivity index (χ1v) is 6.79. The smallest absolute Gasteiger partial charge is 0.134 e. The molecule has 0 unspecified atom stereocenters. The molecule has 1 aromatic heterocycles. The Labute approximate surface area is 117 Å². The highest BCUT2D eigenvalue weighted by Gasteiger charge is 2.26. The van der Waals surface area contributed by atoms with Crippen LogP contribution in [-0.4, -0.2) is 9.97 Å². The maximum atomic E-state index is 4.83. The molecule has 2 nitrogen and oxygen atoms in total. The minimum absolute atomic E-state index is 0.0183. The van der Waals surface area contributed by atoms with Crippen molar-refractivity contribution in [2.24, 2.45) is 0 Å². The second-order valence-electron chi connectivity index (χ2n) is 6.90. The topological polar surface area (TPSA) is 25.8 Å². The fourth-order valence-corrected chi connectivity index (χ4v) is 1.88. The van der Waals surface area contributed by atoms with Crippen molar-refractivity contribution in [1.29, 1.82) is 0 Å². The van der Waals surface area contributed by atoms with Crippen LogP contribution in [0.25, 0.3) is 12.2 Å². The molecule has 0 N–H and O–H groups in total. The third-order valence-electron chi connectivity index (χ3n) is 2.88. The van der Waals surface area contributed by atoms with Gasteiger partial charge in [-0.3, -0.25) is 0 Å². The van der Waals surface area contributed by atoms with E-state index in [4.69, 9.17) is 4.98 Å². The molecule has 0 amide bonds. The molecule has 1 aromatic rings. The van der Waals surface area contributed by atoms with Gasteiger partial charge in [0.05, 0.1) is 11.4 Å². The van der Waals surface area contributed by atoms with Gasteiger partial charge < -0.3 is 0 Å². The summed E-state index contributed by atoms with van der Waals surface area (Å²) < 4.78 is 0. The van der Waals surface area contributed by atoms with Crippen molar-refractivity contribution in [3.05, 3.63) is 35.4 Å². The average Bonchev–Trinajstić information content (AvgIpc) is 2.26. The maximum Gasteiger partial charge on any atom is 0.134 e. The van der Waals surface area contributed by atoms with Gasteiger partial charge in [0, 0.05) is 16.4 Å². The van der Waals surface area contributed by atoms with Gasteiger partial charge >= 0.3 is 0 Å². The molecule has 2 heteroatoms. The van der Waals surface area contributed by atoms with Crippen LogP contribution in [0.4, 0.5) is 0 Å². The second-order valence-corrected chi connectivity index (χ2v) is 6.90. The summed E-state index contributed by atoms with van der Waals surface area (Å²) in [4.78, 5) is 9.51. The Hall–Kier alpha value is -1.44. The van der Waals surface area contributed by atoms with Crippen LogP contribution in [0.3, 0.4) is 0 Å². The van der Waals surface area contributed by atoms with Gasteiger partial charge in [0.25, 0.3) is 0 Å². The van der Waals surface area contributed by atoms with E-state index in [1.807, 2.05) is 19.1 Å². The first-order valence-electron chi connectivity index (χ1n) is 6.79. The van der Waals surface area contributed by atoms with E-state index >= 15 is 0 Å². The van der Waals surface area contributed by atoms with Gasteiger partial charge in [0.1, 0.15) is 5.82 Å². The molecule has 1 rings (SSSR count). The molecule has 0 saturated heterocycles. The first-order chi connectivity index (χ1) is 8.61. The van der Waals surface area contributed by atoms with E-state index in [1.165, 1.54) is 0 Å². The molecule has 1 heterocycles. The molecule has 0 atom stereocenters. The number of aromatic nitrogens is 2. The van der Waals surface area contributed by atoms with Crippen LogP contribution < -0.4 is 0 Å². The SMILES string of the molecule is C=Cc1nc(C(C)(C)C)nc(C(C)(C)C)c1/C=C\C. The van der Waals surface area contributed by atoms with Gasteiger partial charge in [-0.2, -0.15) is 0 Å². The summed E-state index contributed by atoms with van der Waals surface area (Å²) in [6.07, 6.45) is 5.92. The van der Waals surface area contributed by atoms with E-state index in [1.54, 1.807) is 0 Å². The van der Waals surface area contributed by atoms with Crippen molar-refractivity contribution in [3.63, 3.8) is 0 Å². The number of nitrogens with zero attached hydrogens (tertiary/aromatic N) is 2. The van der Waals surface area contributed by atoms with E-state index in [9.17, 15) is 0 Å². The van der Waals surface area contributed by atoms with Crippen molar-refractivity contribution < 1.29 is 0 Å². The number of hydrogen-bond acceptors (Lipinski definition) is 2. The normalized spacial score (nSPS) is 13.0. The summed E-state index contributed by atoms with van der Waals surface area (Å²) >= 11 is 0. The minimum Gasteiger partial charge on any atom is -0.236 e. The quantitative estimate of drug-likeness (QED) is 0.765. The Morgan fingerprint density at radius 2 is 1.53 bits per heavy atom. The zero-order valence-electron chi connectivity index (χ0n) is 13.3. The Bertz CT molecular complexity index is 497. The van der Waals surface area contributed by atoms with Crippen LogP contribution in [0.15, 0.2) is 12.7 Å². The van der Waals surface area contributed by atoms with Gasteiger partial charge in [-0.1, -0.05) is 60.3 Å². The molecule has 0 aliphatic heterocycles. The Balaban J connectivity index is 3.69. The highest BCUT2D eigenvalue weighted by Crippen LogP contribution is 2.30. The van der Waals surface area contributed by atoms with E-state index in [0.717, 1.165) is 22.8 Å². The van der Waals surface area contributed by atoms with E-state index in [-0.39, 0.29) is 10.8 Å². The summed E-state index contributed by atoms with van der Waals surface area (Å²) in [5, 5.41) is 0. The summed E-state index contributed by atoms with van der Waals surface area (Å²) in [7, 11) is 0. The third-order valence-corrected chi connectivity index (χ3v) is 2.88. The van der Waals surface area contributed by atoms with Crippen molar-refractivity contribution in [2.75, 3.05) is 0 Å². The zero-order valence-corrected chi connectivity index (χ0v) is 13.3. The fraction of sp³-hybridized carbons (Fsp3) is 0.529. The average molecular weight is 258 g/mol. The van der Waals surface area contributed by atoms with Gasteiger partial charge in [0.2, 0.25) is 0 Å². The monoisotopic (exact) mass is 258 g/mol. The molecule has 0 spiro atoms. The highest BCUT2D eigenvalue weighted by atomic mass is 14.9. The van der Waals surface area contributed by atoms with Gasteiger partial charge in [0.15, 0.2) is 0 Å². The minimum atomic E-state index is -0.0633. The number of hydrogen-bond donors (Lipinski definition) is 0. The molecule has 0 radical (unpaired) electrons. The lowest BCUT2D eigenvalue weighted by Gasteiger charge is -2.25. The van der Waals surface area contributed by atoms with Crippen LogP contribution in [0, 0.1) is 0 Å². The molecule has 0 aliphatic rings. The standard InChI is InChI=1S/C17H26N2/c1-9-11-12-13(10-2)18-15(17(6,7)8)19-14(12)16(3,4)5/h9-11H,2H2,1,3-8H3/b11-9-. The van der Waals surface area contributed by atoms with Crippen molar-refractivity contribution in [3.8, 4) is 0 Å². The van der Waals surface area contributed by atoms with Crippen LogP contribution >= 0.6 is 0 Å². The summed E-state index contributed by atoms with van der Waals surface area (Å²) in [5.41, 5.74) is 3.00. The lowest BCUT2D eigenvalue weighted by Crippen LogP contribution is -2.24. The molecule has 19 heavy (non-hydrogen) atoms. The Kier molecular flexibility index (Phi) is 4.34. The van der Waals surface area contributed by atoms with Crippen LogP contribution in [0.2, 0.25) is 0 Å². The van der Waals surface area contributed by atoms with Gasteiger partial charge in [-0.05, 0) is 13.0 Å². The lowest BCUT2D eigenvalue weighted by atomic mass is 9.86. The Morgan fingerprint density at radius 3 is 1.89 bits per heavy atom. The largest absolute Gasteiger partial charge is 0.236 e. The molecular formula is C17H26N2. The van der Waals surface area contributed by atoms with Crippen molar-refractivity contribution >= 4 is 12.2 Å². The van der Waals surface area contributed by atoms with Crippen LogP contribution in [-0.2, 0) is 10.8 Å². The summed E-state index contributed by atoms with van der Waals surface area (Å²) in [6.45, 7) is 18.9. The number of rotatable bonds is 2. The van der Waals surface area contributed by atoms with Crippen molar-refractivity contribution in [1.82, 2.24) is 9.97 Å². The predicted molar refractivity (Wildman–Crippen MR) is 84.2 cm³/mol. The lowest BCUT2D eigenvalue weighted by molar-refractivity contribution is 0.511. The molecular weight excluding hydrogens is 232 g/mol. The molecule has 0 bridgehead atoms. The first kappa shape index (κ1) is 15.6. The molecule has 104 valence electrons. The van der Waals surface area contributed by atoms with E-state index < -0.39 is 0 Å². The molecule has 0 fully saturated rings.